The molecule has 3 aromatic rings. The van der Waals surface area contributed by atoms with Crippen molar-refractivity contribution in [2.75, 3.05) is 4.90 Å². The third kappa shape index (κ3) is 5.78. The van der Waals surface area contributed by atoms with E-state index in [1.165, 1.54) is 50.2 Å². The van der Waals surface area contributed by atoms with Crippen LogP contribution in [0, 0.1) is 15.9 Å². The number of aromatic nitrogens is 1. The number of benzene rings is 2. The second-order valence-electron chi connectivity index (χ2n) is 7.04. The number of nitro benzene ring substituents is 1. The summed E-state index contributed by atoms with van der Waals surface area (Å²) in [6, 6.07) is 9.81. The van der Waals surface area contributed by atoms with Crippen molar-refractivity contribution >= 4 is 45.6 Å². The minimum absolute atomic E-state index is 0.0236. The molecule has 1 aromatic heterocycles. The molecule has 2 aromatic carbocycles. The molecule has 12 heteroatoms. The molecule has 10 nitrogen and oxygen atoms in total. The summed E-state index contributed by atoms with van der Waals surface area (Å²) in [6.45, 7) is 2.44. The van der Waals surface area contributed by atoms with E-state index in [1.807, 2.05) is 0 Å². The van der Waals surface area contributed by atoms with Crippen LogP contribution in [-0.2, 0) is 20.9 Å². The smallest absolute Gasteiger partial charge is 0.328 e. The Labute approximate surface area is 197 Å². The number of amides is 2. The monoisotopic (exact) mass is 486 g/mol. The summed E-state index contributed by atoms with van der Waals surface area (Å²) < 4.78 is 19.3. The average molecular weight is 486 g/mol. The molecule has 0 radical (unpaired) electrons. The Kier molecular flexibility index (Phi) is 7.64. The molecule has 0 saturated carbocycles. The molecule has 0 saturated heterocycles. The lowest BCUT2D eigenvalue weighted by Crippen LogP contribution is -2.39. The highest BCUT2D eigenvalue weighted by atomic mass is 32.1. The van der Waals surface area contributed by atoms with Crippen molar-refractivity contribution in [3.63, 3.8) is 0 Å². The first-order chi connectivity index (χ1) is 16.2. The first-order valence-electron chi connectivity index (χ1n) is 9.89. The first-order valence-corrected chi connectivity index (χ1v) is 10.8. The fraction of sp³-hybridized carbons (Fsp3) is 0.182. The Hall–Kier alpha value is -4.19. The second-order valence-corrected chi connectivity index (χ2v) is 7.87. The van der Waals surface area contributed by atoms with Gasteiger partial charge < -0.3 is 10.1 Å². The molecule has 0 spiro atoms. The molecule has 2 amide bonds. The Morgan fingerprint density at radius 3 is 2.65 bits per heavy atom. The van der Waals surface area contributed by atoms with E-state index in [-0.39, 0.29) is 28.7 Å². The maximum absolute atomic E-state index is 14.2. The van der Waals surface area contributed by atoms with Crippen molar-refractivity contribution in [3.05, 3.63) is 81.1 Å². The van der Waals surface area contributed by atoms with E-state index in [4.69, 9.17) is 4.74 Å². The van der Waals surface area contributed by atoms with E-state index >= 15 is 0 Å². The molecule has 1 N–H and O–H groups in total. The summed E-state index contributed by atoms with van der Waals surface area (Å²) in [5.41, 5.74) is 0.145. The van der Waals surface area contributed by atoms with Crippen LogP contribution in [0.25, 0.3) is 0 Å². The van der Waals surface area contributed by atoms with E-state index in [0.29, 0.717) is 5.69 Å². The number of carbonyl (C=O) groups excluding carboxylic acids is 3. The van der Waals surface area contributed by atoms with Gasteiger partial charge in [0.15, 0.2) is 5.13 Å². The molecular weight excluding hydrogens is 467 g/mol. The number of para-hydroxylation sites is 1. The highest BCUT2D eigenvalue weighted by molar-refractivity contribution is 7.14. The van der Waals surface area contributed by atoms with Crippen molar-refractivity contribution in [1.29, 1.82) is 0 Å². The Bertz CT molecular complexity index is 1250. The summed E-state index contributed by atoms with van der Waals surface area (Å²) in [5.74, 6) is -2.47. The zero-order valence-electron chi connectivity index (χ0n) is 18.1. The number of thiazole rings is 1. The number of hydrogen-bond donors (Lipinski definition) is 1. The van der Waals surface area contributed by atoms with Crippen LogP contribution in [-0.4, -0.2) is 33.7 Å². The largest absolute Gasteiger partial charge is 0.458 e. The van der Waals surface area contributed by atoms with Gasteiger partial charge in [-0.3, -0.25) is 24.6 Å². The summed E-state index contributed by atoms with van der Waals surface area (Å²) in [7, 11) is 0. The van der Waals surface area contributed by atoms with Gasteiger partial charge in [0.25, 0.3) is 11.6 Å². The molecule has 176 valence electrons. The number of non-ortho nitro benzene ring substituents is 1. The number of hydrogen-bond acceptors (Lipinski definition) is 8. The van der Waals surface area contributed by atoms with Crippen molar-refractivity contribution < 1.29 is 28.4 Å². The Morgan fingerprint density at radius 1 is 1.24 bits per heavy atom. The lowest BCUT2D eigenvalue weighted by Gasteiger charge is -2.18. The number of esters is 1. The summed E-state index contributed by atoms with van der Waals surface area (Å²) in [4.78, 5) is 52.3. The lowest BCUT2D eigenvalue weighted by molar-refractivity contribution is -0.384. The topological polar surface area (TPSA) is 132 Å². The molecular formula is C22H19FN4O6S. The van der Waals surface area contributed by atoms with Gasteiger partial charge in [-0.1, -0.05) is 18.2 Å². The SMILES string of the molecule is CC(=O)N(c1nc(COC(=O)[C@H](C)NC(=O)c2cccc([N+](=O)[O-])c2)cs1)c1ccccc1F. The minimum atomic E-state index is -1.04. The molecule has 0 aliphatic heterocycles. The number of halogens is 1. The van der Waals surface area contributed by atoms with Gasteiger partial charge in [0.1, 0.15) is 18.5 Å². The fourth-order valence-corrected chi connectivity index (χ4v) is 3.74. The van der Waals surface area contributed by atoms with Crippen LogP contribution in [0.3, 0.4) is 0 Å². The molecule has 1 atom stereocenters. The molecule has 1 heterocycles. The first kappa shape index (κ1) is 24.5. The third-order valence-corrected chi connectivity index (χ3v) is 5.40. The lowest BCUT2D eigenvalue weighted by atomic mass is 10.2. The van der Waals surface area contributed by atoms with E-state index < -0.39 is 34.6 Å². The van der Waals surface area contributed by atoms with E-state index in [1.54, 1.807) is 11.4 Å². The van der Waals surface area contributed by atoms with Gasteiger partial charge in [0, 0.05) is 30.0 Å². The zero-order valence-corrected chi connectivity index (χ0v) is 18.9. The van der Waals surface area contributed by atoms with Gasteiger partial charge in [-0.15, -0.1) is 11.3 Å². The Balaban J connectivity index is 1.61. The van der Waals surface area contributed by atoms with Crippen molar-refractivity contribution in [3.8, 4) is 0 Å². The molecule has 34 heavy (non-hydrogen) atoms. The molecule has 0 fully saturated rings. The number of anilines is 2. The molecule has 3 rings (SSSR count). The number of ether oxygens (including phenoxy) is 1. The zero-order chi connectivity index (χ0) is 24.8. The standard InChI is InChI=1S/C22H19FN4O6S/c1-13(24-20(29)15-6-5-7-17(10-15)27(31)32)21(30)33-11-16-12-34-22(25-16)26(14(2)28)19-9-4-3-8-18(19)23/h3-10,12-13H,11H2,1-2H3,(H,24,29)/t13-/m0/s1. The maximum atomic E-state index is 14.2. The number of carbonyl (C=O) groups is 3. The van der Waals surface area contributed by atoms with Crippen LogP contribution in [0.1, 0.15) is 29.9 Å². The van der Waals surface area contributed by atoms with Gasteiger partial charge >= 0.3 is 5.97 Å². The quantitative estimate of drug-likeness (QED) is 0.291. The third-order valence-electron chi connectivity index (χ3n) is 4.52. The van der Waals surface area contributed by atoms with Crippen LogP contribution < -0.4 is 10.2 Å². The Morgan fingerprint density at radius 2 is 1.97 bits per heavy atom. The van der Waals surface area contributed by atoms with Crippen LogP contribution >= 0.6 is 11.3 Å². The number of nitrogens with one attached hydrogen (secondary N) is 1. The number of nitrogens with zero attached hydrogens (tertiary/aromatic N) is 3. The van der Waals surface area contributed by atoms with Crippen LogP contribution in [0.15, 0.2) is 53.9 Å². The number of nitro groups is 1. The van der Waals surface area contributed by atoms with E-state index in [9.17, 15) is 28.9 Å². The van der Waals surface area contributed by atoms with Gasteiger partial charge in [-0.25, -0.2) is 14.2 Å². The van der Waals surface area contributed by atoms with Crippen LogP contribution in [0.2, 0.25) is 0 Å². The highest BCUT2D eigenvalue weighted by Crippen LogP contribution is 2.30. The predicted octanol–water partition coefficient (Wildman–Crippen LogP) is 3.74. The van der Waals surface area contributed by atoms with Crippen molar-refractivity contribution in [2.45, 2.75) is 26.5 Å². The molecule has 0 aliphatic rings. The van der Waals surface area contributed by atoms with Crippen LogP contribution in [0.4, 0.5) is 20.9 Å². The predicted molar refractivity (Wildman–Crippen MR) is 121 cm³/mol. The second kappa shape index (κ2) is 10.6. The molecule has 0 bridgehead atoms. The average Bonchev–Trinajstić information content (AvgIpc) is 3.27. The van der Waals surface area contributed by atoms with Gasteiger partial charge in [0.05, 0.1) is 16.3 Å². The number of rotatable bonds is 8. The van der Waals surface area contributed by atoms with Crippen LogP contribution in [0.5, 0.6) is 0 Å². The fourth-order valence-electron chi connectivity index (χ4n) is 2.88. The normalized spacial score (nSPS) is 11.4. The molecule has 0 unspecified atom stereocenters. The summed E-state index contributed by atoms with van der Waals surface area (Å²) >= 11 is 1.07. The van der Waals surface area contributed by atoms with Gasteiger partial charge in [-0.2, -0.15) is 0 Å². The maximum Gasteiger partial charge on any atom is 0.328 e. The van der Waals surface area contributed by atoms with Gasteiger partial charge in [-0.05, 0) is 25.1 Å². The van der Waals surface area contributed by atoms with Crippen molar-refractivity contribution in [1.82, 2.24) is 10.3 Å². The minimum Gasteiger partial charge on any atom is -0.458 e. The van der Waals surface area contributed by atoms with Crippen molar-refractivity contribution in [2.24, 2.45) is 0 Å². The van der Waals surface area contributed by atoms with Gasteiger partial charge in [0.2, 0.25) is 5.91 Å². The van der Waals surface area contributed by atoms with E-state index in [0.717, 1.165) is 22.3 Å². The van der Waals surface area contributed by atoms with E-state index in [2.05, 4.69) is 10.3 Å². The highest BCUT2D eigenvalue weighted by Gasteiger charge is 2.22. The summed E-state index contributed by atoms with van der Waals surface area (Å²) in [5, 5.41) is 15.0. The summed E-state index contributed by atoms with van der Waals surface area (Å²) in [6.07, 6.45) is 0. The molecule has 0 aliphatic carbocycles.